The molecule has 0 aromatic carbocycles. The fourth-order valence-electron chi connectivity index (χ4n) is 5.23. The van der Waals surface area contributed by atoms with Crippen molar-refractivity contribution in [3.05, 3.63) is 58.4 Å². The predicted octanol–water partition coefficient (Wildman–Crippen LogP) is 3.16. The smallest absolute Gasteiger partial charge is 0.293 e. The van der Waals surface area contributed by atoms with Gasteiger partial charge in [-0.25, -0.2) is 13.2 Å². The monoisotopic (exact) mass is 515 g/mol. The number of anilines is 1. The number of nitrogens with one attached hydrogen (secondary N) is 3. The van der Waals surface area contributed by atoms with Crippen molar-refractivity contribution in [2.24, 2.45) is 0 Å². The molecule has 5 rings (SSSR count). The number of Topliss-reactive ketones (excluding diaryl/α,β-unsaturated/α-hetero) is 1. The molecule has 4 heterocycles. The summed E-state index contributed by atoms with van der Waals surface area (Å²) >= 11 is 0. The number of aromatic amines is 1. The first-order valence-corrected chi connectivity index (χ1v) is 11.8. The van der Waals surface area contributed by atoms with Gasteiger partial charge in [0.25, 0.3) is 23.5 Å². The number of pyridine rings is 1. The van der Waals surface area contributed by atoms with Crippen LogP contribution in [0, 0.1) is 6.92 Å². The first kappa shape index (κ1) is 24.7. The molecule has 3 aromatic rings. The van der Waals surface area contributed by atoms with Crippen LogP contribution in [0.5, 0.6) is 0 Å². The topological polar surface area (TPSA) is 135 Å². The van der Waals surface area contributed by atoms with Crippen LogP contribution in [0.2, 0.25) is 0 Å². The third kappa shape index (κ3) is 4.27. The molecule has 1 aliphatic heterocycles. The molecule has 37 heavy (non-hydrogen) atoms. The molecule has 1 aliphatic carbocycles. The summed E-state index contributed by atoms with van der Waals surface area (Å²) in [6, 6.07) is 2.94. The average Bonchev–Trinajstić information content (AvgIpc) is 3.55. The van der Waals surface area contributed by atoms with E-state index in [2.05, 4.69) is 31.0 Å². The SMILES string of the molecule is Cc1c(C(=O)C(=O)NC2(c3c[nH]nn3)CC(F)(F)C2)c2n(c1C(=O)Nc1ccnc(C(C)F)c1)CCC2. The van der Waals surface area contributed by atoms with Crippen molar-refractivity contribution in [3.63, 3.8) is 0 Å². The normalized spacial score (nSPS) is 18.0. The number of carbonyl (C=O) groups excluding carboxylic acids is 3. The minimum Gasteiger partial charge on any atom is -0.340 e. The number of alkyl halides is 3. The first-order chi connectivity index (χ1) is 17.5. The van der Waals surface area contributed by atoms with E-state index in [4.69, 9.17) is 0 Å². The molecule has 3 N–H and O–H groups in total. The van der Waals surface area contributed by atoms with Gasteiger partial charge < -0.3 is 15.2 Å². The second kappa shape index (κ2) is 8.82. The highest BCUT2D eigenvalue weighted by Gasteiger charge is 2.60. The molecule has 1 atom stereocenters. The van der Waals surface area contributed by atoms with Gasteiger partial charge in [-0.15, -0.1) is 5.10 Å². The van der Waals surface area contributed by atoms with E-state index in [1.54, 1.807) is 11.5 Å². The molecule has 0 bridgehead atoms. The molecule has 1 saturated carbocycles. The Hall–Kier alpha value is -4.03. The molecule has 194 valence electrons. The zero-order chi connectivity index (χ0) is 26.5. The number of carbonyl (C=O) groups is 3. The number of fused-ring (bicyclic) bond motifs is 1. The molecule has 0 spiro atoms. The predicted molar refractivity (Wildman–Crippen MR) is 124 cm³/mol. The molecule has 2 aliphatic rings. The summed E-state index contributed by atoms with van der Waals surface area (Å²) in [6.07, 6.45) is 1.06. The molecule has 3 aromatic heterocycles. The maximum Gasteiger partial charge on any atom is 0.293 e. The number of ketones is 1. The van der Waals surface area contributed by atoms with Crippen molar-refractivity contribution < 1.29 is 27.6 Å². The van der Waals surface area contributed by atoms with Crippen LogP contribution in [0.25, 0.3) is 0 Å². The summed E-state index contributed by atoms with van der Waals surface area (Å²) in [5.74, 6) is -5.52. The van der Waals surface area contributed by atoms with Crippen LogP contribution < -0.4 is 10.6 Å². The molecule has 2 amide bonds. The van der Waals surface area contributed by atoms with Gasteiger partial charge >= 0.3 is 0 Å². The van der Waals surface area contributed by atoms with E-state index in [0.717, 1.165) is 0 Å². The molecular weight excluding hydrogens is 491 g/mol. The molecule has 10 nitrogen and oxygen atoms in total. The summed E-state index contributed by atoms with van der Waals surface area (Å²) in [6.45, 7) is 3.36. The molecule has 0 saturated heterocycles. The number of aromatic nitrogens is 5. The summed E-state index contributed by atoms with van der Waals surface area (Å²) in [5.41, 5.74) is 0.194. The Kier molecular flexibility index (Phi) is 5.88. The fourth-order valence-corrected chi connectivity index (χ4v) is 5.23. The van der Waals surface area contributed by atoms with Crippen molar-refractivity contribution in [3.8, 4) is 0 Å². The van der Waals surface area contributed by atoms with E-state index in [9.17, 15) is 27.6 Å². The van der Waals surface area contributed by atoms with E-state index in [1.165, 1.54) is 31.5 Å². The number of rotatable bonds is 7. The van der Waals surface area contributed by atoms with Gasteiger partial charge in [0, 0.05) is 43.2 Å². The quantitative estimate of drug-likeness (QED) is 0.327. The van der Waals surface area contributed by atoms with E-state index < -0.39 is 48.1 Å². The number of hydrogen-bond donors (Lipinski definition) is 3. The van der Waals surface area contributed by atoms with Gasteiger partial charge in [0.2, 0.25) is 0 Å². The molecule has 0 radical (unpaired) electrons. The van der Waals surface area contributed by atoms with Gasteiger partial charge in [-0.05, 0) is 44.4 Å². The van der Waals surface area contributed by atoms with Crippen molar-refractivity contribution in [2.45, 2.75) is 63.7 Å². The fraction of sp³-hybridized carbons (Fsp3) is 0.417. The Labute approximate surface area is 209 Å². The Morgan fingerprint density at radius 2 is 2.00 bits per heavy atom. The average molecular weight is 515 g/mol. The minimum absolute atomic E-state index is 0.0781. The third-order valence-corrected chi connectivity index (χ3v) is 6.89. The van der Waals surface area contributed by atoms with Crippen molar-refractivity contribution in [1.82, 2.24) is 30.3 Å². The summed E-state index contributed by atoms with van der Waals surface area (Å²) in [7, 11) is 0. The Morgan fingerprint density at radius 3 is 2.65 bits per heavy atom. The lowest BCUT2D eigenvalue weighted by molar-refractivity contribution is -0.148. The lowest BCUT2D eigenvalue weighted by Crippen LogP contribution is -2.61. The molecular formula is C24H24F3N7O3. The minimum atomic E-state index is -3.01. The zero-order valence-corrected chi connectivity index (χ0v) is 20.1. The highest BCUT2D eigenvalue weighted by molar-refractivity contribution is 6.44. The van der Waals surface area contributed by atoms with E-state index in [0.29, 0.717) is 36.3 Å². The third-order valence-electron chi connectivity index (χ3n) is 6.89. The number of nitrogens with zero attached hydrogens (tertiary/aromatic N) is 4. The van der Waals surface area contributed by atoms with Gasteiger partial charge in [0.1, 0.15) is 17.6 Å². The van der Waals surface area contributed by atoms with E-state index in [-0.39, 0.29) is 22.6 Å². The van der Waals surface area contributed by atoms with Gasteiger partial charge in [-0.2, -0.15) is 0 Å². The van der Waals surface area contributed by atoms with Crippen molar-refractivity contribution >= 4 is 23.3 Å². The number of amides is 2. The lowest BCUT2D eigenvalue weighted by Gasteiger charge is -2.46. The maximum atomic E-state index is 13.8. The van der Waals surface area contributed by atoms with Crippen LogP contribution in [-0.2, 0) is 23.3 Å². The Morgan fingerprint density at radius 1 is 1.24 bits per heavy atom. The molecule has 13 heteroatoms. The van der Waals surface area contributed by atoms with E-state index >= 15 is 0 Å². The first-order valence-electron chi connectivity index (χ1n) is 11.8. The van der Waals surface area contributed by atoms with Gasteiger partial charge in [0.15, 0.2) is 0 Å². The van der Waals surface area contributed by atoms with Crippen LogP contribution in [0.3, 0.4) is 0 Å². The van der Waals surface area contributed by atoms with Crippen LogP contribution in [-0.4, -0.2) is 48.5 Å². The van der Waals surface area contributed by atoms with Crippen molar-refractivity contribution in [2.75, 3.05) is 5.32 Å². The highest BCUT2D eigenvalue weighted by Crippen LogP contribution is 2.51. The summed E-state index contributed by atoms with van der Waals surface area (Å²) in [4.78, 5) is 43.6. The Balaban J connectivity index is 1.42. The second-order valence-corrected chi connectivity index (χ2v) is 9.52. The summed E-state index contributed by atoms with van der Waals surface area (Å²) < 4.78 is 43.0. The number of H-pyrrole nitrogens is 1. The summed E-state index contributed by atoms with van der Waals surface area (Å²) in [5, 5.41) is 14.9. The van der Waals surface area contributed by atoms with Crippen LogP contribution in [0.4, 0.5) is 18.9 Å². The highest BCUT2D eigenvalue weighted by atomic mass is 19.3. The zero-order valence-electron chi connectivity index (χ0n) is 20.1. The number of hydrogen-bond acceptors (Lipinski definition) is 6. The van der Waals surface area contributed by atoms with Gasteiger partial charge in [-0.1, -0.05) is 5.21 Å². The van der Waals surface area contributed by atoms with Crippen LogP contribution in [0.1, 0.15) is 75.8 Å². The lowest BCUT2D eigenvalue weighted by atomic mass is 9.71. The largest absolute Gasteiger partial charge is 0.340 e. The maximum absolute atomic E-state index is 13.8. The van der Waals surface area contributed by atoms with Crippen LogP contribution >= 0.6 is 0 Å². The number of halogens is 3. The van der Waals surface area contributed by atoms with Gasteiger partial charge in [-0.3, -0.25) is 24.5 Å². The van der Waals surface area contributed by atoms with Gasteiger partial charge in [0.05, 0.1) is 16.8 Å². The molecule has 1 unspecified atom stereocenters. The Bertz CT molecular complexity index is 1390. The second-order valence-electron chi connectivity index (χ2n) is 9.52. The molecule has 1 fully saturated rings. The van der Waals surface area contributed by atoms with Crippen molar-refractivity contribution in [1.29, 1.82) is 0 Å². The van der Waals surface area contributed by atoms with Crippen LogP contribution in [0.15, 0.2) is 24.5 Å². The standard InChI is InChI=1S/C24H24F3N7O3/c1-12-18(20(35)22(37)31-23(10-24(26,27)11-23)17-9-29-33-32-17)16-4-3-7-34(16)19(12)21(36)30-14-5-6-28-15(8-14)13(2)25/h5-6,8-9,13H,3-4,7,10-11H2,1-2H3,(H,31,37)(H,28,30,36)(H,29,32,33). The van der Waals surface area contributed by atoms with E-state index in [1.807, 2.05) is 0 Å².